The quantitative estimate of drug-likeness (QED) is 0.0569. The Balaban J connectivity index is 1.54. The summed E-state index contributed by atoms with van der Waals surface area (Å²) in [7, 11) is 2.86. The summed E-state index contributed by atoms with van der Waals surface area (Å²) in [4.78, 5) is 22.4. The summed E-state index contributed by atoms with van der Waals surface area (Å²) in [5.74, 6) is -3.79. The Bertz CT molecular complexity index is 1010. The third kappa shape index (κ3) is 11.4. The lowest BCUT2D eigenvalue weighted by Crippen LogP contribution is -2.59. The molecule has 0 aromatic carbocycles. The molecule has 3 saturated heterocycles. The van der Waals surface area contributed by atoms with Gasteiger partial charge in [-0.15, -0.1) is 0 Å². The highest BCUT2D eigenvalue weighted by Crippen LogP contribution is 2.32. The Morgan fingerprint density at radius 3 is 1.46 bits per heavy atom. The number of hydrogen-bond donors (Lipinski definition) is 9. The molecule has 292 valence electrons. The summed E-state index contributed by atoms with van der Waals surface area (Å²) < 4.78 is 44.7. The van der Waals surface area contributed by atoms with Crippen molar-refractivity contribution < 1.29 is 88.3 Å². The van der Waals surface area contributed by atoms with Crippen LogP contribution in [0.4, 0.5) is 0 Å². The number of likely N-dealkylation sites (N-methyl/N-ethyl adjacent to an activating group) is 1. The van der Waals surface area contributed by atoms with Gasteiger partial charge in [0.2, 0.25) is 5.91 Å². The van der Waals surface area contributed by atoms with Crippen molar-refractivity contribution in [3.8, 4) is 0 Å². The van der Waals surface area contributed by atoms with Gasteiger partial charge in [-0.3, -0.25) is 4.79 Å². The Labute approximate surface area is 290 Å². The van der Waals surface area contributed by atoms with E-state index in [1.54, 1.807) is 0 Å². The van der Waals surface area contributed by atoms with E-state index in [-0.39, 0.29) is 58.8 Å². The lowest BCUT2D eigenvalue weighted by Gasteiger charge is -2.44. The average Bonchev–Trinajstić information content (AvgIpc) is 3.09. The van der Waals surface area contributed by atoms with Crippen molar-refractivity contribution in [3.63, 3.8) is 0 Å². The van der Waals surface area contributed by atoms with E-state index in [1.807, 2.05) is 6.92 Å². The van der Waals surface area contributed by atoms with Crippen molar-refractivity contribution in [1.82, 2.24) is 5.32 Å². The number of carbonyl (C=O) groups excluding carboxylic acids is 1. The minimum Gasteiger partial charge on any atom is -0.480 e. The first kappa shape index (κ1) is 42.8. The van der Waals surface area contributed by atoms with Crippen LogP contribution in [-0.2, 0) is 47.5 Å². The molecule has 0 saturated carbocycles. The molecular weight excluding hydrogens is 674 g/mol. The lowest BCUT2D eigenvalue weighted by atomic mass is 9.85. The van der Waals surface area contributed by atoms with Crippen LogP contribution < -0.4 is 5.32 Å². The molecule has 3 rings (SSSR count). The molecule has 0 bridgehead atoms. The van der Waals surface area contributed by atoms with Crippen molar-refractivity contribution in [2.45, 2.75) is 86.6 Å². The molecule has 0 aliphatic carbocycles. The molecule has 3 aliphatic rings. The molecular formula is C31H55NO18. The second-order valence-corrected chi connectivity index (χ2v) is 12.8. The predicted octanol–water partition coefficient (Wildman–Crippen LogP) is -4.75. The van der Waals surface area contributed by atoms with Crippen LogP contribution in [0.2, 0.25) is 0 Å². The minimum absolute atomic E-state index is 0.00949. The van der Waals surface area contributed by atoms with E-state index in [0.29, 0.717) is 6.42 Å². The normalized spacial score (nSPS) is 39.3. The van der Waals surface area contributed by atoms with E-state index in [0.717, 1.165) is 0 Å². The number of aliphatic hydroxyl groups is 7. The van der Waals surface area contributed by atoms with E-state index in [2.05, 4.69) is 5.32 Å². The van der Waals surface area contributed by atoms with Crippen molar-refractivity contribution in [2.24, 2.45) is 17.8 Å². The molecule has 19 heteroatoms. The number of carboxylic acids is 1. The van der Waals surface area contributed by atoms with E-state index < -0.39 is 110 Å². The largest absolute Gasteiger partial charge is 0.480 e. The second kappa shape index (κ2) is 21.1. The van der Waals surface area contributed by atoms with Gasteiger partial charge < -0.3 is 84.1 Å². The van der Waals surface area contributed by atoms with E-state index in [4.69, 9.17) is 43.0 Å². The van der Waals surface area contributed by atoms with Crippen LogP contribution in [0, 0.1) is 17.8 Å². The van der Waals surface area contributed by atoms with Crippen LogP contribution in [0.15, 0.2) is 0 Å². The highest BCUT2D eigenvalue weighted by molar-refractivity contribution is 5.76. The Kier molecular flexibility index (Phi) is 18.1. The van der Waals surface area contributed by atoms with E-state index >= 15 is 0 Å². The first-order chi connectivity index (χ1) is 23.9. The summed E-state index contributed by atoms with van der Waals surface area (Å²) in [6, 6.07) is 0. The van der Waals surface area contributed by atoms with Gasteiger partial charge in [-0.25, -0.2) is 4.79 Å². The Morgan fingerprint density at radius 2 is 1.00 bits per heavy atom. The molecule has 15 unspecified atom stereocenters. The summed E-state index contributed by atoms with van der Waals surface area (Å²) in [6.45, 7) is -0.797. The van der Waals surface area contributed by atoms with Crippen LogP contribution in [-0.4, -0.2) is 206 Å². The standard InChI is InChI=1S/C31H55NO18/c1-4-15-19(9-46-13-24(34)32-2)49-23(30(41)26(15)37)12-44-6-16-18(5-33)48-22(31(42)27(16)38)11-45-7-17-20(10-47-14-25(35)36)50-21(8-43-3)29(40)28(17)39/h15-23,26-31,33,37-42H,4-14H2,1-3H3,(H,32,34)(H,35,36). The number of carbonyl (C=O) groups is 2. The molecule has 0 spiro atoms. The number of hydrogen-bond acceptors (Lipinski definition) is 17. The number of nitrogens with one attached hydrogen (secondary N) is 1. The highest BCUT2D eigenvalue weighted by Gasteiger charge is 2.48. The SMILES string of the molecule is CCC1C(COCC(=O)NC)OC(COCC2C(CO)OC(COCC3C(COCC(=O)O)OC(COC)C(O)C3O)C(O)C2O)C(O)C1O. The van der Waals surface area contributed by atoms with Crippen molar-refractivity contribution in [3.05, 3.63) is 0 Å². The number of aliphatic hydroxyl groups excluding tert-OH is 7. The number of aliphatic carboxylic acids is 1. The number of carboxylic acid groups (broad SMARTS) is 1. The van der Waals surface area contributed by atoms with Crippen LogP contribution >= 0.6 is 0 Å². The van der Waals surface area contributed by atoms with Crippen LogP contribution in [0.5, 0.6) is 0 Å². The topological polar surface area (TPSA) is 282 Å². The van der Waals surface area contributed by atoms with Gasteiger partial charge >= 0.3 is 5.97 Å². The third-order valence-electron chi connectivity index (χ3n) is 9.46. The molecule has 0 aromatic rings. The van der Waals surface area contributed by atoms with Gasteiger partial charge in [0.25, 0.3) is 0 Å². The van der Waals surface area contributed by atoms with Crippen molar-refractivity contribution in [1.29, 1.82) is 0 Å². The van der Waals surface area contributed by atoms with Gasteiger partial charge in [-0.05, 0) is 6.42 Å². The maximum absolute atomic E-state index is 11.5. The minimum atomic E-state index is -1.49. The van der Waals surface area contributed by atoms with E-state index in [1.165, 1.54) is 14.2 Å². The van der Waals surface area contributed by atoms with Crippen LogP contribution in [0.3, 0.4) is 0 Å². The first-order valence-electron chi connectivity index (χ1n) is 16.8. The van der Waals surface area contributed by atoms with Crippen molar-refractivity contribution in [2.75, 3.05) is 80.2 Å². The molecule has 0 aromatic heterocycles. The second-order valence-electron chi connectivity index (χ2n) is 12.8. The van der Waals surface area contributed by atoms with Gasteiger partial charge in [0.1, 0.15) is 49.8 Å². The predicted molar refractivity (Wildman–Crippen MR) is 167 cm³/mol. The number of amides is 1. The van der Waals surface area contributed by atoms with Crippen LogP contribution in [0.1, 0.15) is 13.3 Å². The maximum atomic E-state index is 11.5. The molecule has 3 heterocycles. The molecule has 3 aliphatic heterocycles. The molecule has 19 nitrogen and oxygen atoms in total. The van der Waals surface area contributed by atoms with Gasteiger partial charge in [0.05, 0.1) is 89.5 Å². The van der Waals surface area contributed by atoms with Gasteiger partial charge in [0, 0.05) is 31.9 Å². The summed E-state index contributed by atoms with van der Waals surface area (Å²) in [5.41, 5.74) is 0. The summed E-state index contributed by atoms with van der Waals surface area (Å²) in [5, 5.41) is 86.0. The Hall–Kier alpha value is -1.66. The first-order valence-corrected chi connectivity index (χ1v) is 16.8. The number of rotatable bonds is 20. The van der Waals surface area contributed by atoms with Gasteiger partial charge in [-0.1, -0.05) is 6.92 Å². The summed E-state index contributed by atoms with van der Waals surface area (Å²) >= 11 is 0. The zero-order valence-corrected chi connectivity index (χ0v) is 28.6. The monoisotopic (exact) mass is 729 g/mol. The molecule has 1 amide bonds. The fourth-order valence-electron chi connectivity index (χ4n) is 6.54. The van der Waals surface area contributed by atoms with Crippen LogP contribution in [0.25, 0.3) is 0 Å². The smallest absolute Gasteiger partial charge is 0.329 e. The van der Waals surface area contributed by atoms with Gasteiger partial charge in [-0.2, -0.15) is 0 Å². The fourth-order valence-corrected chi connectivity index (χ4v) is 6.54. The molecule has 15 atom stereocenters. The van der Waals surface area contributed by atoms with Crippen molar-refractivity contribution >= 4 is 11.9 Å². The zero-order chi connectivity index (χ0) is 37.0. The van der Waals surface area contributed by atoms with Gasteiger partial charge in [0.15, 0.2) is 0 Å². The number of ether oxygens (including phenoxy) is 8. The number of methoxy groups -OCH3 is 1. The summed E-state index contributed by atoms with van der Waals surface area (Å²) in [6.07, 6.45) is -13.2. The molecule has 3 fully saturated rings. The zero-order valence-electron chi connectivity index (χ0n) is 28.6. The van der Waals surface area contributed by atoms with E-state index in [9.17, 15) is 45.3 Å². The highest BCUT2D eigenvalue weighted by atomic mass is 16.6. The molecule has 0 radical (unpaired) electrons. The fraction of sp³-hybridized carbons (Fsp3) is 0.935. The molecule has 9 N–H and O–H groups in total. The third-order valence-corrected chi connectivity index (χ3v) is 9.46. The lowest BCUT2D eigenvalue weighted by molar-refractivity contribution is -0.248. The molecule has 50 heavy (non-hydrogen) atoms. The average molecular weight is 730 g/mol. The maximum Gasteiger partial charge on any atom is 0.329 e. The Morgan fingerprint density at radius 1 is 0.580 bits per heavy atom.